The van der Waals surface area contributed by atoms with Crippen molar-refractivity contribution in [1.82, 2.24) is 15.2 Å². The molecule has 0 spiro atoms. The fraction of sp³-hybridized carbons (Fsp3) is 0.111. The van der Waals surface area contributed by atoms with Gasteiger partial charge in [0.2, 0.25) is 0 Å². The van der Waals surface area contributed by atoms with Crippen LogP contribution in [0.1, 0.15) is 5.69 Å². The van der Waals surface area contributed by atoms with Gasteiger partial charge in [-0.25, -0.2) is 4.98 Å². The van der Waals surface area contributed by atoms with Gasteiger partial charge in [-0.2, -0.15) is 5.10 Å². The Morgan fingerprint density at radius 2 is 1.70 bits per heavy atom. The van der Waals surface area contributed by atoms with Crippen molar-refractivity contribution in [1.29, 1.82) is 0 Å². The Hall–Kier alpha value is -3.08. The summed E-state index contributed by atoms with van der Waals surface area (Å²) in [5.74, 6) is 2.30. The highest BCUT2D eigenvalue weighted by Gasteiger charge is 2.15. The first-order valence-corrected chi connectivity index (χ1v) is 7.31. The van der Waals surface area contributed by atoms with Crippen LogP contribution in [0.2, 0.25) is 0 Å². The number of pyridine rings is 1. The Labute approximate surface area is 132 Å². The molecule has 0 saturated heterocycles. The van der Waals surface area contributed by atoms with Gasteiger partial charge in [0, 0.05) is 11.1 Å². The maximum atomic E-state index is 6.19. The maximum absolute atomic E-state index is 6.19. The summed E-state index contributed by atoms with van der Waals surface area (Å²) in [5, 5.41) is 9.11. The first kappa shape index (κ1) is 13.6. The Kier molecular flexibility index (Phi) is 3.12. The average Bonchev–Trinajstić information content (AvgIpc) is 2.96. The largest absolute Gasteiger partial charge is 0.497 e. The number of methoxy groups -OCH3 is 1. The third-order valence-electron chi connectivity index (χ3n) is 3.81. The van der Waals surface area contributed by atoms with Crippen molar-refractivity contribution in [2.24, 2.45) is 0 Å². The van der Waals surface area contributed by atoms with Gasteiger partial charge in [-0.15, -0.1) is 0 Å². The summed E-state index contributed by atoms with van der Waals surface area (Å²) in [6, 6.07) is 15.4. The highest BCUT2D eigenvalue weighted by Crippen LogP contribution is 2.37. The molecule has 0 saturated carbocycles. The van der Waals surface area contributed by atoms with Crippen LogP contribution < -0.4 is 9.47 Å². The molecule has 0 fully saturated rings. The van der Waals surface area contributed by atoms with Crippen molar-refractivity contribution < 1.29 is 9.47 Å². The average molecular weight is 305 g/mol. The third-order valence-corrected chi connectivity index (χ3v) is 3.81. The minimum absolute atomic E-state index is 0.657. The topological polar surface area (TPSA) is 60.0 Å². The number of H-pyrrole nitrogens is 1. The summed E-state index contributed by atoms with van der Waals surface area (Å²) in [7, 11) is 1.64. The summed E-state index contributed by atoms with van der Waals surface area (Å²) in [4.78, 5) is 4.59. The summed E-state index contributed by atoms with van der Waals surface area (Å²) in [6.07, 6.45) is 0. The number of hydrogen-bond acceptors (Lipinski definition) is 4. The molecule has 4 aromatic rings. The SMILES string of the molecule is COc1ccc(Oc2c3ccccc3nc3n[nH]c(C)c23)cc1. The second-order valence-electron chi connectivity index (χ2n) is 5.28. The first-order valence-electron chi connectivity index (χ1n) is 7.31. The molecule has 0 aliphatic rings. The van der Waals surface area contributed by atoms with Crippen LogP contribution in [0, 0.1) is 6.92 Å². The smallest absolute Gasteiger partial charge is 0.185 e. The molecule has 0 bridgehead atoms. The minimum Gasteiger partial charge on any atom is -0.497 e. The second kappa shape index (κ2) is 5.28. The van der Waals surface area contributed by atoms with Crippen molar-refractivity contribution in [3.63, 3.8) is 0 Å². The molecule has 0 aliphatic heterocycles. The lowest BCUT2D eigenvalue weighted by Gasteiger charge is -2.11. The van der Waals surface area contributed by atoms with E-state index in [1.54, 1.807) is 7.11 Å². The number of nitrogens with zero attached hydrogens (tertiary/aromatic N) is 2. The lowest BCUT2D eigenvalue weighted by molar-refractivity contribution is 0.413. The number of benzene rings is 2. The predicted octanol–water partition coefficient (Wildman–Crippen LogP) is 4.22. The standard InChI is InChI=1S/C18H15N3O2/c1-11-16-17(23-13-9-7-12(22-2)8-10-13)14-5-3-4-6-15(14)19-18(16)21-20-11/h3-10H,1-2H3,(H,19,20,21). The molecule has 0 atom stereocenters. The van der Waals surface area contributed by atoms with E-state index in [0.717, 1.165) is 39.2 Å². The van der Waals surface area contributed by atoms with Crippen molar-refractivity contribution >= 4 is 21.9 Å². The zero-order valence-electron chi connectivity index (χ0n) is 12.8. The molecule has 2 aromatic heterocycles. The van der Waals surface area contributed by atoms with E-state index >= 15 is 0 Å². The van der Waals surface area contributed by atoms with E-state index in [1.165, 1.54) is 0 Å². The van der Waals surface area contributed by atoms with Gasteiger partial charge in [0.15, 0.2) is 5.65 Å². The van der Waals surface area contributed by atoms with Gasteiger partial charge in [-0.05, 0) is 43.3 Å². The lowest BCUT2D eigenvalue weighted by Crippen LogP contribution is -1.91. The number of fused-ring (bicyclic) bond motifs is 2. The molecule has 0 amide bonds. The molecule has 0 radical (unpaired) electrons. The predicted molar refractivity (Wildman–Crippen MR) is 89.2 cm³/mol. The molecule has 0 unspecified atom stereocenters. The monoisotopic (exact) mass is 305 g/mol. The number of ether oxygens (including phenoxy) is 2. The van der Waals surface area contributed by atoms with Gasteiger partial charge in [0.1, 0.15) is 17.2 Å². The van der Waals surface area contributed by atoms with Gasteiger partial charge in [-0.3, -0.25) is 5.10 Å². The molecule has 4 rings (SSSR count). The van der Waals surface area contributed by atoms with Crippen LogP contribution in [0.15, 0.2) is 48.5 Å². The van der Waals surface area contributed by atoms with Crippen LogP contribution in [-0.4, -0.2) is 22.3 Å². The van der Waals surface area contributed by atoms with Gasteiger partial charge in [0.25, 0.3) is 0 Å². The van der Waals surface area contributed by atoms with Gasteiger partial charge in [-0.1, -0.05) is 12.1 Å². The molecule has 114 valence electrons. The van der Waals surface area contributed by atoms with Gasteiger partial charge >= 0.3 is 0 Å². The van der Waals surface area contributed by atoms with E-state index in [0.29, 0.717) is 5.65 Å². The molecule has 5 heteroatoms. The fourth-order valence-electron chi connectivity index (χ4n) is 2.65. The summed E-state index contributed by atoms with van der Waals surface area (Å²) >= 11 is 0. The molecule has 2 aromatic carbocycles. The molecule has 23 heavy (non-hydrogen) atoms. The van der Waals surface area contributed by atoms with E-state index in [1.807, 2.05) is 55.5 Å². The highest BCUT2D eigenvalue weighted by molar-refractivity contribution is 6.01. The van der Waals surface area contributed by atoms with Crippen LogP contribution >= 0.6 is 0 Å². The Morgan fingerprint density at radius 1 is 0.957 bits per heavy atom. The van der Waals surface area contributed by atoms with Crippen molar-refractivity contribution in [3.05, 3.63) is 54.2 Å². The van der Waals surface area contributed by atoms with Crippen molar-refractivity contribution in [2.75, 3.05) is 7.11 Å². The first-order chi connectivity index (χ1) is 11.3. The molecule has 1 N–H and O–H groups in total. The normalized spacial score (nSPS) is 11.0. The highest BCUT2D eigenvalue weighted by atomic mass is 16.5. The molecule has 0 aliphatic carbocycles. The van der Waals surface area contributed by atoms with Crippen LogP contribution in [0.25, 0.3) is 21.9 Å². The zero-order chi connectivity index (χ0) is 15.8. The number of aromatic nitrogens is 3. The minimum atomic E-state index is 0.657. The van der Waals surface area contributed by atoms with Crippen LogP contribution in [0.5, 0.6) is 17.2 Å². The quantitative estimate of drug-likeness (QED) is 0.615. The zero-order valence-corrected chi connectivity index (χ0v) is 12.8. The van der Waals surface area contributed by atoms with Gasteiger partial charge < -0.3 is 9.47 Å². The number of nitrogens with one attached hydrogen (secondary N) is 1. The third kappa shape index (κ3) is 2.26. The van der Waals surface area contributed by atoms with E-state index in [9.17, 15) is 0 Å². The van der Waals surface area contributed by atoms with Crippen LogP contribution in [0.4, 0.5) is 0 Å². The van der Waals surface area contributed by atoms with E-state index < -0.39 is 0 Å². The Balaban J connectivity index is 1.92. The Bertz CT molecular complexity index is 990. The van der Waals surface area contributed by atoms with Crippen LogP contribution in [-0.2, 0) is 0 Å². The molecular formula is C18H15N3O2. The summed E-state index contributed by atoms with van der Waals surface area (Å²) in [6.45, 7) is 1.96. The Morgan fingerprint density at radius 3 is 2.48 bits per heavy atom. The van der Waals surface area contributed by atoms with Gasteiger partial charge in [0.05, 0.1) is 18.0 Å². The van der Waals surface area contributed by atoms with Crippen LogP contribution in [0.3, 0.4) is 0 Å². The summed E-state index contributed by atoms with van der Waals surface area (Å²) < 4.78 is 11.4. The second-order valence-corrected chi connectivity index (χ2v) is 5.28. The molecular weight excluding hydrogens is 290 g/mol. The molecule has 5 nitrogen and oxygen atoms in total. The number of hydrogen-bond donors (Lipinski definition) is 1. The van der Waals surface area contributed by atoms with E-state index in [-0.39, 0.29) is 0 Å². The maximum Gasteiger partial charge on any atom is 0.185 e. The van der Waals surface area contributed by atoms with Crippen molar-refractivity contribution in [3.8, 4) is 17.2 Å². The fourth-order valence-corrected chi connectivity index (χ4v) is 2.65. The number of aromatic amines is 1. The van der Waals surface area contributed by atoms with E-state index in [2.05, 4.69) is 15.2 Å². The van der Waals surface area contributed by atoms with E-state index in [4.69, 9.17) is 9.47 Å². The number of para-hydroxylation sites is 1. The van der Waals surface area contributed by atoms with Crippen molar-refractivity contribution in [2.45, 2.75) is 6.92 Å². The molecule has 2 heterocycles. The lowest BCUT2D eigenvalue weighted by atomic mass is 10.1. The number of rotatable bonds is 3. The summed E-state index contributed by atoms with van der Waals surface area (Å²) in [5.41, 5.74) is 2.45. The number of aryl methyl sites for hydroxylation is 1.